The fourth-order valence-electron chi connectivity index (χ4n) is 3.58. The Hall–Kier alpha value is -3.17. The van der Waals surface area contributed by atoms with Crippen LogP contribution in [0.25, 0.3) is 11.3 Å². The van der Waals surface area contributed by atoms with Gasteiger partial charge in [0.2, 0.25) is 0 Å². The first-order chi connectivity index (χ1) is 15.1. The Morgan fingerprint density at radius 3 is 2.81 bits per heavy atom. The molecule has 1 aromatic heterocycles. The quantitative estimate of drug-likeness (QED) is 0.439. The maximum Gasteiger partial charge on any atom is 0.284 e. The zero-order chi connectivity index (χ0) is 21.8. The highest BCUT2D eigenvalue weighted by Crippen LogP contribution is 2.37. The number of nitrogens with zero attached hydrogens (tertiary/aromatic N) is 3. The second-order valence-corrected chi connectivity index (χ2v) is 8.17. The number of carbonyl (C=O) groups excluding carboxylic acids is 1. The molecule has 1 N–H and O–H groups in total. The molecule has 1 aliphatic rings. The van der Waals surface area contributed by atoms with E-state index in [1.54, 1.807) is 18.3 Å². The number of hydrogen-bond acceptors (Lipinski definition) is 6. The number of aromatic nitrogens is 2. The fourth-order valence-corrected chi connectivity index (χ4v) is 4.54. The lowest BCUT2D eigenvalue weighted by Crippen LogP contribution is -2.18. The van der Waals surface area contributed by atoms with Gasteiger partial charge in [-0.1, -0.05) is 30.3 Å². The van der Waals surface area contributed by atoms with Crippen LogP contribution in [0.5, 0.6) is 0 Å². The van der Waals surface area contributed by atoms with E-state index < -0.39 is 4.92 Å². The van der Waals surface area contributed by atoms with Crippen LogP contribution in [0.3, 0.4) is 0 Å². The molecular formula is C22H22N4O4S. The summed E-state index contributed by atoms with van der Waals surface area (Å²) in [5.74, 6) is -0.370. The topological polar surface area (TPSA) is 99.3 Å². The molecule has 0 radical (unpaired) electrons. The summed E-state index contributed by atoms with van der Waals surface area (Å²) in [4.78, 5) is 28.1. The van der Waals surface area contributed by atoms with Gasteiger partial charge < -0.3 is 14.6 Å². The predicted octanol–water partition coefficient (Wildman–Crippen LogP) is 4.15. The van der Waals surface area contributed by atoms with E-state index >= 15 is 0 Å². The van der Waals surface area contributed by atoms with Crippen molar-refractivity contribution in [3.63, 3.8) is 0 Å². The number of nitro benzene ring substituents is 1. The minimum atomic E-state index is -0.472. The largest absolute Gasteiger partial charge is 0.376 e. The Balaban J connectivity index is 1.72. The van der Waals surface area contributed by atoms with Crippen molar-refractivity contribution in [2.75, 3.05) is 13.7 Å². The maximum absolute atomic E-state index is 11.9. The van der Waals surface area contributed by atoms with Gasteiger partial charge in [0, 0.05) is 25.3 Å². The summed E-state index contributed by atoms with van der Waals surface area (Å²) in [5, 5.41) is 14.8. The molecule has 160 valence electrons. The summed E-state index contributed by atoms with van der Waals surface area (Å²) < 4.78 is 7.89. The lowest BCUT2D eigenvalue weighted by molar-refractivity contribution is -0.387. The van der Waals surface area contributed by atoms with Crippen LogP contribution in [-0.2, 0) is 11.3 Å². The third kappa shape index (κ3) is 4.62. The summed E-state index contributed by atoms with van der Waals surface area (Å²) in [6.07, 6.45) is 3.87. The van der Waals surface area contributed by atoms with E-state index in [1.165, 1.54) is 24.9 Å². The van der Waals surface area contributed by atoms with Crippen LogP contribution < -0.4 is 5.32 Å². The number of imidazole rings is 1. The van der Waals surface area contributed by atoms with E-state index in [2.05, 4.69) is 14.9 Å². The standard InChI is InChI=1S/C22H22N4O4S/c1-23-21(27)16-9-10-20(18(12-16)26(28)29)31-22-24-13-19(15-6-3-2-4-7-15)25(22)14-17-8-5-11-30-17/h2-4,6-7,9-10,12-13,17H,5,8,11,14H2,1H3,(H,23,27). The van der Waals surface area contributed by atoms with E-state index in [0.717, 1.165) is 30.7 Å². The van der Waals surface area contributed by atoms with Crippen molar-refractivity contribution in [2.24, 2.45) is 0 Å². The van der Waals surface area contributed by atoms with Crippen LogP contribution in [0, 0.1) is 10.1 Å². The summed E-state index contributed by atoms with van der Waals surface area (Å²) in [5.41, 5.74) is 2.07. The number of carbonyl (C=O) groups is 1. The van der Waals surface area contributed by atoms with Gasteiger partial charge in [-0.25, -0.2) is 4.98 Å². The molecule has 9 heteroatoms. The second-order valence-electron chi connectivity index (χ2n) is 7.16. The van der Waals surface area contributed by atoms with Crippen LogP contribution >= 0.6 is 11.8 Å². The van der Waals surface area contributed by atoms with E-state index in [1.807, 2.05) is 30.3 Å². The zero-order valence-corrected chi connectivity index (χ0v) is 17.8. The highest BCUT2D eigenvalue weighted by Gasteiger charge is 2.24. The Morgan fingerprint density at radius 1 is 1.32 bits per heavy atom. The third-order valence-corrected chi connectivity index (χ3v) is 6.22. The molecule has 2 aromatic carbocycles. The van der Waals surface area contributed by atoms with Gasteiger partial charge in [-0.2, -0.15) is 0 Å². The van der Waals surface area contributed by atoms with E-state index in [0.29, 0.717) is 16.6 Å². The molecule has 3 aromatic rings. The van der Waals surface area contributed by atoms with Crippen LogP contribution in [0.4, 0.5) is 5.69 Å². The lowest BCUT2D eigenvalue weighted by Gasteiger charge is -2.16. The lowest BCUT2D eigenvalue weighted by atomic mass is 10.1. The number of benzene rings is 2. The molecule has 1 aliphatic heterocycles. The van der Waals surface area contributed by atoms with Gasteiger partial charge in [-0.3, -0.25) is 14.9 Å². The van der Waals surface area contributed by atoms with Crippen LogP contribution in [-0.4, -0.2) is 40.1 Å². The Morgan fingerprint density at radius 2 is 2.13 bits per heavy atom. The van der Waals surface area contributed by atoms with Crippen molar-refractivity contribution < 1.29 is 14.5 Å². The average Bonchev–Trinajstić information content (AvgIpc) is 3.44. The molecule has 0 saturated carbocycles. The van der Waals surface area contributed by atoms with Gasteiger partial charge in [0.1, 0.15) is 0 Å². The summed E-state index contributed by atoms with van der Waals surface area (Å²) >= 11 is 1.22. The fraction of sp³-hybridized carbons (Fsp3) is 0.273. The van der Waals surface area contributed by atoms with Crippen LogP contribution in [0.15, 0.2) is 64.8 Å². The monoisotopic (exact) mass is 438 g/mol. The molecule has 1 fully saturated rings. The van der Waals surface area contributed by atoms with Gasteiger partial charge in [0.15, 0.2) is 5.16 Å². The van der Waals surface area contributed by atoms with Crippen molar-refractivity contribution in [1.82, 2.24) is 14.9 Å². The van der Waals surface area contributed by atoms with Crippen molar-refractivity contribution in [2.45, 2.75) is 35.5 Å². The number of amides is 1. The molecule has 1 unspecified atom stereocenters. The van der Waals surface area contributed by atoms with E-state index in [9.17, 15) is 14.9 Å². The van der Waals surface area contributed by atoms with E-state index in [4.69, 9.17) is 4.74 Å². The van der Waals surface area contributed by atoms with Gasteiger partial charge in [0.05, 0.1) is 34.4 Å². The van der Waals surface area contributed by atoms with Crippen LogP contribution in [0.2, 0.25) is 0 Å². The molecule has 0 spiro atoms. The first-order valence-corrected chi connectivity index (χ1v) is 10.8. The van der Waals surface area contributed by atoms with Gasteiger partial charge in [0.25, 0.3) is 11.6 Å². The molecule has 2 heterocycles. The van der Waals surface area contributed by atoms with Gasteiger partial charge >= 0.3 is 0 Å². The smallest absolute Gasteiger partial charge is 0.284 e. The zero-order valence-electron chi connectivity index (χ0n) is 17.0. The second kappa shape index (κ2) is 9.32. The molecule has 8 nitrogen and oxygen atoms in total. The molecule has 1 atom stereocenters. The highest BCUT2D eigenvalue weighted by molar-refractivity contribution is 7.99. The van der Waals surface area contributed by atoms with E-state index in [-0.39, 0.29) is 23.3 Å². The Bertz CT molecular complexity index is 1090. The number of rotatable bonds is 7. The molecule has 4 rings (SSSR count). The number of hydrogen-bond donors (Lipinski definition) is 1. The van der Waals surface area contributed by atoms with Crippen molar-refractivity contribution in [1.29, 1.82) is 0 Å². The van der Waals surface area contributed by atoms with Crippen molar-refractivity contribution in [3.05, 3.63) is 70.4 Å². The Kier molecular flexibility index (Phi) is 6.34. The molecule has 0 bridgehead atoms. The summed E-state index contributed by atoms with van der Waals surface area (Å²) in [6.45, 7) is 1.37. The summed E-state index contributed by atoms with van der Waals surface area (Å²) in [7, 11) is 1.49. The van der Waals surface area contributed by atoms with Crippen LogP contribution in [0.1, 0.15) is 23.2 Å². The SMILES string of the molecule is CNC(=O)c1ccc(Sc2ncc(-c3ccccc3)n2CC2CCCO2)c([N+](=O)[O-])c1. The number of nitro groups is 1. The van der Waals surface area contributed by atoms with Crippen molar-refractivity contribution >= 4 is 23.4 Å². The normalized spacial score (nSPS) is 15.7. The molecule has 31 heavy (non-hydrogen) atoms. The summed E-state index contributed by atoms with van der Waals surface area (Å²) in [6, 6.07) is 14.4. The molecule has 0 aliphatic carbocycles. The number of nitrogens with one attached hydrogen (secondary N) is 1. The first-order valence-electron chi connectivity index (χ1n) is 9.97. The highest BCUT2D eigenvalue weighted by atomic mass is 32.2. The molecule has 1 amide bonds. The molecular weight excluding hydrogens is 416 g/mol. The number of ether oxygens (including phenoxy) is 1. The van der Waals surface area contributed by atoms with Gasteiger partial charge in [-0.05, 0) is 42.3 Å². The average molecular weight is 439 g/mol. The van der Waals surface area contributed by atoms with Gasteiger partial charge in [-0.15, -0.1) is 0 Å². The third-order valence-electron chi connectivity index (χ3n) is 5.14. The van der Waals surface area contributed by atoms with Crippen molar-refractivity contribution in [3.8, 4) is 11.3 Å². The minimum Gasteiger partial charge on any atom is -0.376 e. The molecule has 1 saturated heterocycles. The minimum absolute atomic E-state index is 0.0848. The first kappa shape index (κ1) is 21.1. The Labute approximate surface area is 183 Å². The predicted molar refractivity (Wildman–Crippen MR) is 117 cm³/mol. The maximum atomic E-state index is 11.9.